The summed E-state index contributed by atoms with van der Waals surface area (Å²) in [5.74, 6) is -2.39. The van der Waals surface area contributed by atoms with Crippen LogP contribution in [0.2, 0.25) is 0 Å². The van der Waals surface area contributed by atoms with Gasteiger partial charge in [0.05, 0.1) is 0 Å². The molecule has 0 aromatic rings. The molecular weight excluding hydrogens is 267 g/mol. The smallest absolute Gasteiger partial charge is 0.321 e. The number of unbranched alkanes of at least 4 members (excludes halogenated alkanes) is 2. The summed E-state index contributed by atoms with van der Waals surface area (Å²) in [5, 5.41) is 18.1. The topological polar surface area (TPSA) is 74.6 Å². The lowest BCUT2D eigenvalue weighted by Gasteiger charge is -2.24. The highest BCUT2D eigenvalue weighted by molar-refractivity contribution is 5.98. The molecule has 0 atom stereocenters. The van der Waals surface area contributed by atoms with Crippen LogP contribution in [0.25, 0.3) is 0 Å². The van der Waals surface area contributed by atoms with E-state index in [0.717, 1.165) is 12.8 Å². The van der Waals surface area contributed by atoms with Gasteiger partial charge in [0.25, 0.3) is 0 Å². The SMILES string of the molecule is CCCCC(CCCC)(C(=O)O)C(=O)O.Cl.Cl. The normalized spacial score (nSPS) is 10.0. The Bertz CT molecular complexity index is 208. The van der Waals surface area contributed by atoms with Crippen molar-refractivity contribution >= 4 is 36.8 Å². The molecule has 0 aliphatic carbocycles. The molecule has 17 heavy (non-hydrogen) atoms. The van der Waals surface area contributed by atoms with Crippen molar-refractivity contribution in [2.24, 2.45) is 5.41 Å². The largest absolute Gasteiger partial charge is 0.480 e. The fourth-order valence-electron chi connectivity index (χ4n) is 1.60. The van der Waals surface area contributed by atoms with E-state index in [1.807, 2.05) is 13.8 Å². The molecule has 0 saturated heterocycles. The molecule has 0 fully saturated rings. The van der Waals surface area contributed by atoms with E-state index >= 15 is 0 Å². The molecule has 104 valence electrons. The number of carbonyl (C=O) groups is 2. The summed E-state index contributed by atoms with van der Waals surface area (Å²) in [6.45, 7) is 3.85. The van der Waals surface area contributed by atoms with Crippen LogP contribution < -0.4 is 0 Å². The van der Waals surface area contributed by atoms with Gasteiger partial charge >= 0.3 is 11.9 Å². The van der Waals surface area contributed by atoms with Gasteiger partial charge in [-0.1, -0.05) is 39.5 Å². The molecule has 0 rings (SSSR count). The Hall–Kier alpha value is -0.480. The number of hydrogen-bond acceptors (Lipinski definition) is 2. The molecule has 0 aromatic carbocycles. The number of carboxylic acid groups (broad SMARTS) is 2. The fourth-order valence-corrected chi connectivity index (χ4v) is 1.60. The predicted octanol–water partition coefficient (Wildman–Crippen LogP) is 3.37. The zero-order valence-electron chi connectivity index (χ0n) is 10.3. The minimum atomic E-state index is -1.56. The zero-order valence-corrected chi connectivity index (χ0v) is 11.9. The second kappa shape index (κ2) is 10.7. The van der Waals surface area contributed by atoms with Crippen molar-refractivity contribution in [3.63, 3.8) is 0 Å². The third kappa shape index (κ3) is 6.13. The van der Waals surface area contributed by atoms with Gasteiger partial charge in [0.1, 0.15) is 0 Å². The van der Waals surface area contributed by atoms with Gasteiger partial charge in [0.2, 0.25) is 0 Å². The highest BCUT2D eigenvalue weighted by Crippen LogP contribution is 2.32. The number of carboxylic acids is 2. The molecule has 0 aromatic heterocycles. The first kappa shape index (κ1) is 21.8. The van der Waals surface area contributed by atoms with Crippen LogP contribution in [-0.4, -0.2) is 22.2 Å². The lowest BCUT2D eigenvalue weighted by molar-refractivity contribution is -0.166. The van der Waals surface area contributed by atoms with E-state index < -0.39 is 17.4 Å². The molecule has 4 nitrogen and oxygen atoms in total. The predicted molar refractivity (Wildman–Crippen MR) is 71.3 cm³/mol. The first-order valence-corrected chi connectivity index (χ1v) is 5.48. The molecular formula is C11H22Cl2O4. The molecule has 0 saturated carbocycles. The van der Waals surface area contributed by atoms with Crippen molar-refractivity contribution in [3.05, 3.63) is 0 Å². The van der Waals surface area contributed by atoms with Crippen molar-refractivity contribution in [1.82, 2.24) is 0 Å². The van der Waals surface area contributed by atoms with E-state index in [1.165, 1.54) is 0 Å². The molecule has 6 heteroatoms. The van der Waals surface area contributed by atoms with E-state index in [2.05, 4.69) is 0 Å². The van der Waals surface area contributed by atoms with Gasteiger partial charge in [-0.2, -0.15) is 0 Å². The lowest BCUT2D eigenvalue weighted by Crippen LogP contribution is -2.39. The maximum absolute atomic E-state index is 11.1. The molecule has 0 aliphatic heterocycles. The molecule has 0 spiro atoms. The van der Waals surface area contributed by atoms with E-state index in [-0.39, 0.29) is 37.7 Å². The highest BCUT2D eigenvalue weighted by atomic mass is 35.5. The van der Waals surface area contributed by atoms with Crippen molar-refractivity contribution in [3.8, 4) is 0 Å². The van der Waals surface area contributed by atoms with Gasteiger partial charge in [0, 0.05) is 0 Å². The summed E-state index contributed by atoms with van der Waals surface area (Å²) < 4.78 is 0. The lowest BCUT2D eigenvalue weighted by atomic mass is 9.78. The van der Waals surface area contributed by atoms with Crippen LogP contribution in [0.5, 0.6) is 0 Å². The summed E-state index contributed by atoms with van der Waals surface area (Å²) in [4.78, 5) is 22.2. The summed E-state index contributed by atoms with van der Waals surface area (Å²) in [5.41, 5.74) is -1.56. The van der Waals surface area contributed by atoms with E-state index in [1.54, 1.807) is 0 Å². The van der Waals surface area contributed by atoms with Gasteiger partial charge in [-0.3, -0.25) is 9.59 Å². The maximum Gasteiger partial charge on any atom is 0.321 e. The Morgan fingerprint density at radius 3 is 1.35 bits per heavy atom. The third-order valence-corrected chi connectivity index (χ3v) is 2.73. The zero-order chi connectivity index (χ0) is 11.9. The quantitative estimate of drug-likeness (QED) is 0.672. The van der Waals surface area contributed by atoms with Crippen molar-refractivity contribution in [2.45, 2.75) is 52.4 Å². The minimum Gasteiger partial charge on any atom is -0.480 e. The van der Waals surface area contributed by atoms with Gasteiger partial charge < -0.3 is 10.2 Å². The Labute approximate surface area is 115 Å². The first-order valence-electron chi connectivity index (χ1n) is 5.48. The second-order valence-electron chi connectivity index (χ2n) is 3.90. The average molecular weight is 289 g/mol. The molecule has 0 bridgehead atoms. The Balaban J connectivity index is -0.000000980. The van der Waals surface area contributed by atoms with Gasteiger partial charge in [-0.15, -0.1) is 24.8 Å². The monoisotopic (exact) mass is 288 g/mol. The van der Waals surface area contributed by atoms with Gasteiger partial charge in [0.15, 0.2) is 5.41 Å². The molecule has 2 N–H and O–H groups in total. The number of rotatable bonds is 8. The number of halogens is 2. The molecule has 0 unspecified atom stereocenters. The summed E-state index contributed by atoms with van der Waals surface area (Å²) in [7, 11) is 0. The molecule has 0 amide bonds. The summed E-state index contributed by atoms with van der Waals surface area (Å²) in [6, 6.07) is 0. The number of hydrogen-bond donors (Lipinski definition) is 2. The molecule has 0 aliphatic rings. The van der Waals surface area contributed by atoms with Crippen LogP contribution in [-0.2, 0) is 9.59 Å². The van der Waals surface area contributed by atoms with Gasteiger partial charge in [-0.05, 0) is 12.8 Å². The fraction of sp³-hybridized carbons (Fsp3) is 0.818. The standard InChI is InChI=1S/C11H20O4.2ClH/c1-3-5-7-11(9(12)13,10(14)15)8-6-4-2;;/h3-8H2,1-2H3,(H,12,13)(H,14,15);2*1H. The van der Waals surface area contributed by atoms with Crippen molar-refractivity contribution in [1.29, 1.82) is 0 Å². The van der Waals surface area contributed by atoms with Crippen molar-refractivity contribution in [2.75, 3.05) is 0 Å². The number of aliphatic carboxylic acids is 2. The van der Waals surface area contributed by atoms with Crippen molar-refractivity contribution < 1.29 is 19.8 Å². The third-order valence-electron chi connectivity index (χ3n) is 2.73. The molecule has 0 radical (unpaired) electrons. The van der Waals surface area contributed by atoms with Crippen LogP contribution in [0, 0.1) is 5.41 Å². The van der Waals surface area contributed by atoms with E-state index in [4.69, 9.17) is 10.2 Å². The summed E-state index contributed by atoms with van der Waals surface area (Å²) >= 11 is 0. The Kier molecular flexibility index (Phi) is 13.7. The van der Waals surface area contributed by atoms with E-state index in [9.17, 15) is 9.59 Å². The second-order valence-corrected chi connectivity index (χ2v) is 3.90. The first-order chi connectivity index (χ1) is 7.01. The van der Waals surface area contributed by atoms with Crippen LogP contribution in [0.1, 0.15) is 52.4 Å². The average Bonchev–Trinajstić information content (AvgIpc) is 2.17. The van der Waals surface area contributed by atoms with Crippen LogP contribution in [0.4, 0.5) is 0 Å². The minimum absolute atomic E-state index is 0. The Morgan fingerprint density at radius 1 is 0.882 bits per heavy atom. The maximum atomic E-state index is 11.1. The summed E-state index contributed by atoms with van der Waals surface area (Å²) in [6.07, 6.45) is 3.37. The van der Waals surface area contributed by atoms with Crippen LogP contribution in [0.15, 0.2) is 0 Å². The van der Waals surface area contributed by atoms with Gasteiger partial charge in [-0.25, -0.2) is 0 Å². The molecule has 0 heterocycles. The van der Waals surface area contributed by atoms with E-state index in [0.29, 0.717) is 12.8 Å². The van der Waals surface area contributed by atoms with Crippen LogP contribution in [0.3, 0.4) is 0 Å². The highest BCUT2D eigenvalue weighted by Gasteiger charge is 2.44. The van der Waals surface area contributed by atoms with Crippen LogP contribution >= 0.6 is 24.8 Å². The Morgan fingerprint density at radius 2 is 1.18 bits per heavy atom.